The Kier molecular flexibility index (Phi) is 4.24. The summed E-state index contributed by atoms with van der Waals surface area (Å²) in [6, 6.07) is 12.3. The Hall–Kier alpha value is -1.51. The SMILES string of the molecule is O=Cc1cccc(COc2ccc(Cl)cc2Cl)c1. The Bertz CT molecular complexity index is 567. The molecule has 2 nitrogen and oxygen atoms in total. The van der Waals surface area contributed by atoms with Crippen molar-refractivity contribution in [2.45, 2.75) is 6.61 Å². The lowest BCUT2D eigenvalue weighted by Crippen LogP contribution is -1.96. The first-order chi connectivity index (χ1) is 8.69. The highest BCUT2D eigenvalue weighted by molar-refractivity contribution is 6.35. The highest BCUT2D eigenvalue weighted by Crippen LogP contribution is 2.28. The number of halogens is 2. The van der Waals surface area contributed by atoms with Crippen molar-refractivity contribution in [3.8, 4) is 5.75 Å². The molecule has 4 heteroatoms. The molecule has 0 aliphatic carbocycles. The van der Waals surface area contributed by atoms with E-state index < -0.39 is 0 Å². The van der Waals surface area contributed by atoms with Crippen molar-refractivity contribution in [3.05, 3.63) is 63.6 Å². The Labute approximate surface area is 115 Å². The van der Waals surface area contributed by atoms with Crippen LogP contribution in [0.3, 0.4) is 0 Å². The lowest BCUT2D eigenvalue weighted by atomic mass is 10.1. The molecule has 92 valence electrons. The Morgan fingerprint density at radius 2 is 1.94 bits per heavy atom. The molecule has 0 bridgehead atoms. The normalized spacial score (nSPS) is 10.1. The van der Waals surface area contributed by atoms with Gasteiger partial charge in [0, 0.05) is 10.6 Å². The van der Waals surface area contributed by atoms with E-state index in [1.54, 1.807) is 30.3 Å². The smallest absolute Gasteiger partial charge is 0.150 e. The van der Waals surface area contributed by atoms with Crippen molar-refractivity contribution in [1.82, 2.24) is 0 Å². The summed E-state index contributed by atoms with van der Waals surface area (Å²) in [7, 11) is 0. The number of ether oxygens (including phenoxy) is 1. The summed E-state index contributed by atoms with van der Waals surface area (Å²) in [5.41, 5.74) is 1.53. The number of rotatable bonds is 4. The highest BCUT2D eigenvalue weighted by Gasteiger charge is 2.03. The first-order valence-corrected chi connectivity index (χ1v) is 6.06. The summed E-state index contributed by atoms with van der Waals surface area (Å²) in [4.78, 5) is 10.6. The van der Waals surface area contributed by atoms with Crippen molar-refractivity contribution >= 4 is 29.5 Å². The number of carbonyl (C=O) groups excluding carboxylic acids is 1. The molecule has 0 saturated heterocycles. The summed E-state index contributed by atoms with van der Waals surface area (Å²) in [6.45, 7) is 0.350. The minimum Gasteiger partial charge on any atom is -0.487 e. The average Bonchev–Trinajstić information content (AvgIpc) is 2.38. The molecule has 2 rings (SSSR count). The molecular weight excluding hydrogens is 271 g/mol. The van der Waals surface area contributed by atoms with Gasteiger partial charge in [0.15, 0.2) is 0 Å². The van der Waals surface area contributed by atoms with E-state index >= 15 is 0 Å². The minimum absolute atomic E-state index is 0.350. The van der Waals surface area contributed by atoms with Crippen LogP contribution in [0.15, 0.2) is 42.5 Å². The second-order valence-corrected chi connectivity index (χ2v) is 4.57. The number of carbonyl (C=O) groups is 1. The molecule has 0 radical (unpaired) electrons. The molecule has 0 aliphatic rings. The van der Waals surface area contributed by atoms with Crippen molar-refractivity contribution in [2.75, 3.05) is 0 Å². The third-order valence-electron chi connectivity index (χ3n) is 2.38. The fourth-order valence-corrected chi connectivity index (χ4v) is 1.97. The molecule has 0 saturated carbocycles. The molecule has 0 N–H and O–H groups in total. The molecule has 0 fully saturated rings. The quantitative estimate of drug-likeness (QED) is 0.777. The molecule has 0 heterocycles. The van der Waals surface area contributed by atoms with Gasteiger partial charge in [-0.05, 0) is 29.8 Å². The van der Waals surface area contributed by atoms with Crippen molar-refractivity contribution in [1.29, 1.82) is 0 Å². The van der Waals surface area contributed by atoms with Crippen molar-refractivity contribution < 1.29 is 9.53 Å². The third kappa shape index (κ3) is 3.25. The summed E-state index contributed by atoms with van der Waals surface area (Å²) >= 11 is 11.8. The monoisotopic (exact) mass is 280 g/mol. The van der Waals surface area contributed by atoms with Gasteiger partial charge in [-0.3, -0.25) is 4.79 Å². The van der Waals surface area contributed by atoms with E-state index in [4.69, 9.17) is 27.9 Å². The van der Waals surface area contributed by atoms with Crippen LogP contribution in [0.4, 0.5) is 0 Å². The zero-order valence-electron chi connectivity index (χ0n) is 9.40. The van der Waals surface area contributed by atoms with Crippen LogP contribution in [-0.4, -0.2) is 6.29 Å². The summed E-state index contributed by atoms with van der Waals surface area (Å²) in [6.07, 6.45) is 0.804. The van der Waals surface area contributed by atoms with Gasteiger partial charge in [-0.25, -0.2) is 0 Å². The molecule has 2 aromatic carbocycles. The van der Waals surface area contributed by atoms with Gasteiger partial charge in [0.1, 0.15) is 18.6 Å². The van der Waals surface area contributed by atoms with Gasteiger partial charge in [-0.2, -0.15) is 0 Å². The van der Waals surface area contributed by atoms with Gasteiger partial charge < -0.3 is 4.74 Å². The largest absolute Gasteiger partial charge is 0.487 e. The average molecular weight is 281 g/mol. The van der Waals surface area contributed by atoms with Crippen LogP contribution in [0.5, 0.6) is 5.75 Å². The summed E-state index contributed by atoms with van der Waals surface area (Å²) in [5.74, 6) is 0.567. The van der Waals surface area contributed by atoms with Crippen molar-refractivity contribution in [3.63, 3.8) is 0 Å². The van der Waals surface area contributed by atoms with Gasteiger partial charge >= 0.3 is 0 Å². The van der Waals surface area contributed by atoms with Gasteiger partial charge in [0.05, 0.1) is 5.02 Å². The molecule has 0 aliphatic heterocycles. The molecule has 0 atom stereocenters. The highest BCUT2D eigenvalue weighted by atomic mass is 35.5. The Morgan fingerprint density at radius 3 is 2.67 bits per heavy atom. The summed E-state index contributed by atoms with van der Waals surface area (Å²) in [5, 5.41) is 1.03. The van der Waals surface area contributed by atoms with Gasteiger partial charge in [-0.15, -0.1) is 0 Å². The van der Waals surface area contributed by atoms with E-state index in [-0.39, 0.29) is 0 Å². The van der Waals surface area contributed by atoms with Crippen LogP contribution in [-0.2, 0) is 6.61 Å². The predicted octanol–water partition coefficient (Wildman–Crippen LogP) is 4.38. The van der Waals surface area contributed by atoms with E-state index in [0.29, 0.717) is 28.0 Å². The fraction of sp³-hybridized carbons (Fsp3) is 0.0714. The lowest BCUT2D eigenvalue weighted by Gasteiger charge is -2.08. The molecule has 18 heavy (non-hydrogen) atoms. The van der Waals surface area contributed by atoms with E-state index in [0.717, 1.165) is 11.8 Å². The number of hydrogen-bond donors (Lipinski definition) is 0. The minimum atomic E-state index is 0.350. The molecule has 0 amide bonds. The third-order valence-corrected chi connectivity index (χ3v) is 2.91. The van der Waals surface area contributed by atoms with Crippen LogP contribution < -0.4 is 4.74 Å². The van der Waals surface area contributed by atoms with E-state index in [2.05, 4.69) is 0 Å². The van der Waals surface area contributed by atoms with Crippen LogP contribution in [0.1, 0.15) is 15.9 Å². The van der Waals surface area contributed by atoms with E-state index in [9.17, 15) is 4.79 Å². The molecular formula is C14H10Cl2O2. The zero-order valence-corrected chi connectivity index (χ0v) is 10.9. The molecule has 0 unspecified atom stereocenters. The van der Waals surface area contributed by atoms with Gasteiger partial charge in [-0.1, -0.05) is 41.4 Å². The van der Waals surface area contributed by atoms with Crippen LogP contribution in [0.2, 0.25) is 10.0 Å². The molecule has 0 spiro atoms. The first-order valence-electron chi connectivity index (χ1n) is 5.31. The van der Waals surface area contributed by atoms with Crippen molar-refractivity contribution in [2.24, 2.45) is 0 Å². The fourth-order valence-electron chi connectivity index (χ4n) is 1.51. The molecule has 0 aromatic heterocycles. The number of hydrogen-bond acceptors (Lipinski definition) is 2. The standard InChI is InChI=1S/C14H10Cl2O2/c15-12-4-5-14(13(16)7-12)18-9-11-3-1-2-10(6-11)8-17/h1-8H,9H2. The first kappa shape index (κ1) is 12.9. The van der Waals surface area contributed by atoms with Crippen LogP contribution in [0.25, 0.3) is 0 Å². The number of benzene rings is 2. The predicted molar refractivity (Wildman–Crippen MR) is 72.6 cm³/mol. The Balaban J connectivity index is 2.08. The molecule has 2 aromatic rings. The van der Waals surface area contributed by atoms with E-state index in [1.165, 1.54) is 0 Å². The Morgan fingerprint density at radius 1 is 1.11 bits per heavy atom. The van der Waals surface area contributed by atoms with Gasteiger partial charge in [0.2, 0.25) is 0 Å². The maximum absolute atomic E-state index is 10.6. The number of aldehydes is 1. The maximum atomic E-state index is 10.6. The second kappa shape index (κ2) is 5.89. The summed E-state index contributed by atoms with van der Waals surface area (Å²) < 4.78 is 5.57. The lowest BCUT2D eigenvalue weighted by molar-refractivity contribution is 0.112. The van der Waals surface area contributed by atoms with Crippen LogP contribution >= 0.6 is 23.2 Å². The second-order valence-electron chi connectivity index (χ2n) is 3.73. The zero-order chi connectivity index (χ0) is 13.0. The maximum Gasteiger partial charge on any atom is 0.150 e. The topological polar surface area (TPSA) is 26.3 Å². The van der Waals surface area contributed by atoms with Gasteiger partial charge in [0.25, 0.3) is 0 Å². The van der Waals surface area contributed by atoms with Crippen LogP contribution in [0, 0.1) is 0 Å². The van der Waals surface area contributed by atoms with E-state index in [1.807, 2.05) is 12.1 Å².